The maximum atomic E-state index is 4.16. The normalized spacial score (nSPS) is 15.0. The first-order valence-corrected chi connectivity index (χ1v) is 16.2. The average molecular weight is 593 g/mol. The van der Waals surface area contributed by atoms with Crippen molar-refractivity contribution in [3.8, 4) is 0 Å². The zero-order valence-corrected chi connectivity index (χ0v) is 25.7. The summed E-state index contributed by atoms with van der Waals surface area (Å²) in [6.07, 6.45) is 9.04. The highest BCUT2D eigenvalue weighted by Gasteiger charge is 2.42. The van der Waals surface area contributed by atoms with E-state index in [0.29, 0.717) is 0 Å². The molecule has 8 rings (SSSR count). The Hall–Kier alpha value is -5.28. The summed E-state index contributed by atoms with van der Waals surface area (Å²) in [5.41, 5.74) is 11.3. The monoisotopic (exact) mass is 592 g/mol. The summed E-state index contributed by atoms with van der Waals surface area (Å²) in [4.78, 5) is 0. The highest BCUT2D eigenvalue weighted by Crippen LogP contribution is 2.44. The molecule has 2 nitrogen and oxygen atoms in total. The van der Waals surface area contributed by atoms with E-state index in [4.69, 9.17) is 0 Å². The molecule has 0 unspecified atom stereocenters. The number of rotatable bonds is 7. The van der Waals surface area contributed by atoms with Crippen molar-refractivity contribution in [2.24, 2.45) is 0 Å². The molecular formula is C44H36N2. The first-order valence-electron chi connectivity index (χ1n) is 16.2. The van der Waals surface area contributed by atoms with Crippen LogP contribution in [0.1, 0.15) is 55.6 Å². The van der Waals surface area contributed by atoms with Gasteiger partial charge in [0.05, 0.1) is 11.1 Å². The van der Waals surface area contributed by atoms with Gasteiger partial charge >= 0.3 is 0 Å². The molecule has 2 heteroatoms. The van der Waals surface area contributed by atoms with Gasteiger partial charge in [-0.2, -0.15) is 0 Å². The van der Waals surface area contributed by atoms with Gasteiger partial charge < -0.3 is 0 Å². The lowest BCUT2D eigenvalue weighted by atomic mass is 9.74. The highest BCUT2D eigenvalue weighted by molar-refractivity contribution is 5.80. The number of hydrogen-bond donors (Lipinski definition) is 2. The van der Waals surface area contributed by atoms with Gasteiger partial charge in [-0.1, -0.05) is 182 Å². The Morgan fingerprint density at radius 3 is 0.870 bits per heavy atom. The summed E-state index contributed by atoms with van der Waals surface area (Å²) in [6.45, 7) is 1.45. The lowest BCUT2D eigenvalue weighted by Crippen LogP contribution is -2.51. The van der Waals surface area contributed by atoms with Gasteiger partial charge in [-0.25, -0.2) is 0 Å². The lowest BCUT2D eigenvalue weighted by Gasteiger charge is -2.40. The summed E-state index contributed by atoms with van der Waals surface area (Å²) < 4.78 is 0. The van der Waals surface area contributed by atoms with Gasteiger partial charge in [0.25, 0.3) is 0 Å². The molecule has 0 spiro atoms. The minimum Gasteiger partial charge on any atom is -0.299 e. The molecule has 0 bridgehead atoms. The predicted octanol–water partition coefficient (Wildman–Crippen LogP) is 9.12. The van der Waals surface area contributed by atoms with Crippen LogP contribution in [0.2, 0.25) is 0 Å². The van der Waals surface area contributed by atoms with E-state index in [2.05, 4.69) is 193 Å². The highest BCUT2D eigenvalue weighted by atomic mass is 15.1. The maximum absolute atomic E-state index is 4.16. The van der Waals surface area contributed by atoms with Crippen molar-refractivity contribution < 1.29 is 0 Å². The average Bonchev–Trinajstić information content (AvgIpc) is 3.37. The minimum atomic E-state index is -0.541. The Labute approximate surface area is 271 Å². The SMILES string of the molecule is C1=Cc2ccccc2C(NCCNC2(c3ccccc3)c3ccccc3C=Cc3ccccc32)(c2ccccc2)c2ccccc21. The molecule has 0 atom stereocenters. The Morgan fingerprint density at radius 2 is 0.565 bits per heavy atom. The Kier molecular flexibility index (Phi) is 7.30. The second-order valence-corrected chi connectivity index (χ2v) is 12.1. The fourth-order valence-corrected chi connectivity index (χ4v) is 7.67. The quantitative estimate of drug-likeness (QED) is 0.181. The Morgan fingerprint density at radius 1 is 0.304 bits per heavy atom. The lowest BCUT2D eigenvalue weighted by molar-refractivity contribution is 0.421. The molecule has 0 amide bonds. The summed E-state index contributed by atoms with van der Waals surface area (Å²) in [7, 11) is 0. The fourth-order valence-electron chi connectivity index (χ4n) is 7.67. The van der Waals surface area contributed by atoms with Crippen LogP contribution in [0, 0.1) is 0 Å². The smallest absolute Gasteiger partial charge is 0.0960 e. The fraction of sp³-hybridized carbons (Fsp3) is 0.0909. The van der Waals surface area contributed by atoms with Crippen molar-refractivity contribution in [2.45, 2.75) is 11.1 Å². The molecule has 2 aliphatic carbocycles. The van der Waals surface area contributed by atoms with Crippen LogP contribution in [0.5, 0.6) is 0 Å². The van der Waals surface area contributed by atoms with Crippen LogP contribution < -0.4 is 10.6 Å². The van der Waals surface area contributed by atoms with Crippen LogP contribution >= 0.6 is 0 Å². The third kappa shape index (κ3) is 4.58. The predicted molar refractivity (Wildman–Crippen MR) is 192 cm³/mol. The zero-order chi connectivity index (χ0) is 30.8. The van der Waals surface area contributed by atoms with Crippen molar-refractivity contribution in [3.63, 3.8) is 0 Å². The minimum absolute atomic E-state index is 0.541. The number of nitrogens with one attached hydrogen (secondary N) is 2. The van der Waals surface area contributed by atoms with E-state index in [-0.39, 0.29) is 0 Å². The topological polar surface area (TPSA) is 24.1 Å². The van der Waals surface area contributed by atoms with E-state index in [1.807, 2.05) is 0 Å². The third-order valence-corrected chi connectivity index (χ3v) is 9.66. The second kappa shape index (κ2) is 11.9. The molecule has 0 radical (unpaired) electrons. The molecule has 6 aromatic rings. The molecule has 0 saturated carbocycles. The molecular weight excluding hydrogens is 556 g/mol. The van der Waals surface area contributed by atoms with Crippen LogP contribution in [0.4, 0.5) is 0 Å². The van der Waals surface area contributed by atoms with Crippen molar-refractivity contribution in [3.05, 3.63) is 213 Å². The molecule has 0 aromatic heterocycles. The molecule has 2 aliphatic rings. The first-order chi connectivity index (χ1) is 22.8. The van der Waals surface area contributed by atoms with Crippen LogP contribution in [0.3, 0.4) is 0 Å². The molecule has 2 N–H and O–H groups in total. The second-order valence-electron chi connectivity index (χ2n) is 12.1. The van der Waals surface area contributed by atoms with Gasteiger partial charge in [-0.15, -0.1) is 0 Å². The van der Waals surface area contributed by atoms with Gasteiger partial charge in [0, 0.05) is 13.1 Å². The largest absolute Gasteiger partial charge is 0.299 e. The van der Waals surface area contributed by atoms with E-state index in [0.717, 1.165) is 13.1 Å². The van der Waals surface area contributed by atoms with Gasteiger partial charge in [-0.05, 0) is 55.6 Å². The van der Waals surface area contributed by atoms with Gasteiger partial charge in [-0.3, -0.25) is 10.6 Å². The van der Waals surface area contributed by atoms with Crippen LogP contribution in [-0.2, 0) is 11.1 Å². The van der Waals surface area contributed by atoms with Crippen LogP contribution in [0.25, 0.3) is 24.3 Å². The van der Waals surface area contributed by atoms with Crippen LogP contribution in [0.15, 0.2) is 158 Å². The zero-order valence-electron chi connectivity index (χ0n) is 25.7. The maximum Gasteiger partial charge on any atom is 0.0960 e. The molecule has 0 aliphatic heterocycles. The number of hydrogen-bond acceptors (Lipinski definition) is 2. The first kappa shape index (κ1) is 28.2. The summed E-state index contributed by atoms with van der Waals surface area (Å²) >= 11 is 0. The van der Waals surface area contributed by atoms with E-state index in [1.165, 1.54) is 55.6 Å². The van der Waals surface area contributed by atoms with Crippen molar-refractivity contribution in [1.29, 1.82) is 0 Å². The van der Waals surface area contributed by atoms with Crippen LogP contribution in [-0.4, -0.2) is 13.1 Å². The van der Waals surface area contributed by atoms with Crippen molar-refractivity contribution in [1.82, 2.24) is 10.6 Å². The van der Waals surface area contributed by atoms with Crippen molar-refractivity contribution in [2.75, 3.05) is 13.1 Å². The standard InChI is InChI=1S/C44H36N2/c1-3-19-37(20-4-1)43(39-23-11-7-15-33(39)27-28-34-16-8-12-24-40(34)43)45-31-32-46-44(38-21-5-2-6-22-38)41-25-13-9-17-35(41)29-30-36-18-10-14-26-42(36)44/h1-30,45-46H,31-32H2. The van der Waals surface area contributed by atoms with Gasteiger partial charge in [0.15, 0.2) is 0 Å². The molecule has 0 saturated heterocycles. The molecule has 46 heavy (non-hydrogen) atoms. The molecule has 6 aromatic carbocycles. The van der Waals surface area contributed by atoms with E-state index in [1.54, 1.807) is 0 Å². The van der Waals surface area contributed by atoms with Gasteiger partial charge in [0.1, 0.15) is 0 Å². The summed E-state index contributed by atoms with van der Waals surface area (Å²) in [5, 5.41) is 8.32. The number of fused-ring (bicyclic) bond motifs is 4. The summed E-state index contributed by atoms with van der Waals surface area (Å²) in [5.74, 6) is 0. The molecule has 0 heterocycles. The van der Waals surface area contributed by atoms with Crippen molar-refractivity contribution >= 4 is 24.3 Å². The Balaban J connectivity index is 1.25. The molecule has 222 valence electrons. The molecule has 0 fully saturated rings. The summed E-state index contributed by atoms with van der Waals surface area (Å²) in [6, 6.07) is 57.1. The third-order valence-electron chi connectivity index (χ3n) is 9.66. The number of benzene rings is 6. The van der Waals surface area contributed by atoms with E-state index < -0.39 is 11.1 Å². The Bertz CT molecular complexity index is 1810. The van der Waals surface area contributed by atoms with E-state index >= 15 is 0 Å². The van der Waals surface area contributed by atoms with E-state index in [9.17, 15) is 0 Å². The van der Waals surface area contributed by atoms with Gasteiger partial charge in [0.2, 0.25) is 0 Å².